The van der Waals surface area contributed by atoms with Gasteiger partial charge in [0.15, 0.2) is 5.75 Å². The van der Waals surface area contributed by atoms with Crippen LogP contribution in [0.2, 0.25) is 0 Å². The number of hydrogen-bond donors (Lipinski definition) is 1. The number of nitriles is 1. The monoisotopic (exact) mass is 623 g/mol. The Hall–Kier alpha value is -3.69. The lowest BCUT2D eigenvalue weighted by atomic mass is 10.1. The smallest absolute Gasteiger partial charge is 0.416 e. The van der Waals surface area contributed by atoms with Crippen molar-refractivity contribution in [2.75, 3.05) is 5.32 Å². The van der Waals surface area contributed by atoms with E-state index < -0.39 is 34.0 Å². The number of benzene rings is 3. The number of amides is 1. The highest BCUT2D eigenvalue weighted by molar-refractivity contribution is 9.11. The van der Waals surface area contributed by atoms with E-state index in [2.05, 4.69) is 37.2 Å². The van der Waals surface area contributed by atoms with Crippen LogP contribution in [0.1, 0.15) is 16.7 Å². The van der Waals surface area contributed by atoms with Crippen LogP contribution in [0.5, 0.6) is 11.5 Å². The molecule has 0 aliphatic heterocycles. The van der Waals surface area contributed by atoms with Crippen molar-refractivity contribution in [2.24, 2.45) is 0 Å². The number of rotatable bonds is 6. The Balaban J connectivity index is 1.90. The summed E-state index contributed by atoms with van der Waals surface area (Å²) in [5.74, 6) is -1.00. The summed E-state index contributed by atoms with van der Waals surface area (Å²) >= 11 is 6.51. The second kappa shape index (κ2) is 10.9. The van der Waals surface area contributed by atoms with E-state index in [0.29, 0.717) is 23.4 Å². The van der Waals surface area contributed by atoms with Crippen LogP contribution in [0, 0.1) is 28.4 Å². The summed E-state index contributed by atoms with van der Waals surface area (Å²) in [7, 11) is 0. The Kier molecular flexibility index (Phi) is 8.17. The van der Waals surface area contributed by atoms with E-state index in [1.54, 1.807) is 24.3 Å². The zero-order chi connectivity index (χ0) is 26.6. The van der Waals surface area contributed by atoms with Gasteiger partial charge in [-0.3, -0.25) is 14.9 Å². The minimum Gasteiger partial charge on any atom is -0.448 e. The topological polar surface area (TPSA) is 105 Å². The largest absolute Gasteiger partial charge is 0.448 e. The number of alkyl halides is 3. The van der Waals surface area contributed by atoms with Crippen molar-refractivity contribution in [1.82, 2.24) is 0 Å². The fraction of sp³-hybridized carbons (Fsp3) is 0.0833. The molecular weight excluding hydrogens is 611 g/mol. The molecule has 36 heavy (non-hydrogen) atoms. The molecule has 0 aliphatic carbocycles. The van der Waals surface area contributed by atoms with Gasteiger partial charge in [-0.2, -0.15) is 18.4 Å². The molecule has 0 atom stereocenters. The third-order valence-electron chi connectivity index (χ3n) is 4.70. The second-order valence-corrected chi connectivity index (χ2v) is 9.05. The summed E-state index contributed by atoms with van der Waals surface area (Å²) in [6, 6.07) is 13.7. The highest BCUT2D eigenvalue weighted by atomic mass is 79.9. The number of nitrogens with one attached hydrogen (secondary N) is 1. The quantitative estimate of drug-likeness (QED) is 0.130. The van der Waals surface area contributed by atoms with Gasteiger partial charge in [0.1, 0.15) is 11.6 Å². The van der Waals surface area contributed by atoms with Crippen LogP contribution in [0.4, 0.5) is 24.5 Å². The summed E-state index contributed by atoms with van der Waals surface area (Å²) in [5.41, 5.74) is -0.334. The molecule has 3 rings (SSSR count). The number of carbonyl (C=O) groups excluding carboxylic acids is 1. The molecule has 0 aromatic heterocycles. The standard InChI is InChI=1S/C24H14Br2F3N3O4/c1-13-2-5-17(6-3-13)31-23(33)15(12-30)8-14-9-18(25)22(19(26)10-14)36-21-7-4-16(24(27,28)29)11-20(21)32(34)35/h2-11H,1H3,(H,31,33)/b15-8+. The highest BCUT2D eigenvalue weighted by Crippen LogP contribution is 2.42. The number of halogens is 5. The molecule has 0 saturated carbocycles. The van der Waals surface area contributed by atoms with Crippen molar-refractivity contribution in [1.29, 1.82) is 5.26 Å². The van der Waals surface area contributed by atoms with Crippen LogP contribution in [-0.4, -0.2) is 10.8 Å². The van der Waals surface area contributed by atoms with Crippen molar-refractivity contribution in [3.8, 4) is 17.6 Å². The van der Waals surface area contributed by atoms with Crippen LogP contribution in [0.15, 0.2) is 69.1 Å². The first-order valence-electron chi connectivity index (χ1n) is 9.91. The number of anilines is 1. The summed E-state index contributed by atoms with van der Waals surface area (Å²) in [6.45, 7) is 1.89. The van der Waals surface area contributed by atoms with Gasteiger partial charge in [0.05, 0.1) is 19.4 Å². The lowest BCUT2D eigenvalue weighted by Crippen LogP contribution is -2.13. The van der Waals surface area contributed by atoms with Gasteiger partial charge < -0.3 is 10.1 Å². The van der Waals surface area contributed by atoms with Gasteiger partial charge in [-0.1, -0.05) is 17.7 Å². The minimum absolute atomic E-state index is 0.0395. The van der Waals surface area contributed by atoms with E-state index in [4.69, 9.17) is 4.74 Å². The molecular formula is C24H14Br2F3N3O4. The first-order chi connectivity index (χ1) is 16.9. The van der Waals surface area contributed by atoms with Gasteiger partial charge in [0.25, 0.3) is 5.91 Å². The molecule has 1 amide bonds. The molecule has 0 bridgehead atoms. The fourth-order valence-electron chi connectivity index (χ4n) is 2.94. The Morgan fingerprint density at radius 1 is 1.11 bits per heavy atom. The molecule has 0 saturated heterocycles. The number of ether oxygens (including phenoxy) is 1. The summed E-state index contributed by atoms with van der Waals surface area (Å²) in [6.07, 6.45) is -3.44. The summed E-state index contributed by atoms with van der Waals surface area (Å²) < 4.78 is 44.9. The first-order valence-corrected chi connectivity index (χ1v) is 11.5. The number of nitrogens with zero attached hydrogens (tertiary/aromatic N) is 2. The van der Waals surface area contributed by atoms with Crippen molar-refractivity contribution < 1.29 is 27.6 Å². The average Bonchev–Trinajstić information content (AvgIpc) is 2.80. The predicted molar refractivity (Wildman–Crippen MR) is 133 cm³/mol. The first kappa shape index (κ1) is 26.9. The van der Waals surface area contributed by atoms with Crippen molar-refractivity contribution in [3.63, 3.8) is 0 Å². The van der Waals surface area contributed by atoms with Gasteiger partial charge in [-0.25, -0.2) is 0 Å². The number of aryl methyl sites for hydroxylation is 1. The number of hydrogen-bond acceptors (Lipinski definition) is 5. The van der Waals surface area contributed by atoms with Gasteiger partial charge in [0, 0.05) is 11.8 Å². The Labute approximate surface area is 219 Å². The molecule has 0 radical (unpaired) electrons. The van der Waals surface area contributed by atoms with E-state index in [1.165, 1.54) is 18.2 Å². The Morgan fingerprint density at radius 2 is 1.72 bits per heavy atom. The lowest BCUT2D eigenvalue weighted by Gasteiger charge is -2.13. The van der Waals surface area contributed by atoms with E-state index in [9.17, 15) is 33.3 Å². The van der Waals surface area contributed by atoms with Crippen molar-refractivity contribution in [3.05, 3.63) is 95.9 Å². The molecule has 0 unspecified atom stereocenters. The molecule has 3 aromatic rings. The summed E-state index contributed by atoms with van der Waals surface area (Å²) in [5, 5.41) is 23.4. The van der Waals surface area contributed by atoms with E-state index in [-0.39, 0.29) is 20.3 Å². The fourth-order valence-corrected chi connectivity index (χ4v) is 4.33. The van der Waals surface area contributed by atoms with Gasteiger partial charge in [-0.05, 0) is 86.8 Å². The second-order valence-electron chi connectivity index (χ2n) is 7.34. The maximum atomic E-state index is 13.0. The normalized spacial score (nSPS) is 11.5. The zero-order valence-corrected chi connectivity index (χ0v) is 21.4. The molecule has 0 spiro atoms. The van der Waals surface area contributed by atoms with Crippen LogP contribution in [0.3, 0.4) is 0 Å². The zero-order valence-electron chi connectivity index (χ0n) is 18.2. The van der Waals surface area contributed by atoms with Gasteiger partial charge >= 0.3 is 11.9 Å². The molecule has 0 aliphatic rings. The highest BCUT2D eigenvalue weighted by Gasteiger charge is 2.33. The van der Waals surface area contributed by atoms with Crippen LogP contribution < -0.4 is 10.1 Å². The predicted octanol–water partition coefficient (Wildman–Crippen LogP) is 7.79. The Morgan fingerprint density at radius 3 is 2.25 bits per heavy atom. The van der Waals surface area contributed by atoms with Crippen molar-refractivity contribution >= 4 is 55.2 Å². The van der Waals surface area contributed by atoms with Gasteiger partial charge in [0.2, 0.25) is 5.75 Å². The maximum absolute atomic E-state index is 13.0. The molecule has 1 N–H and O–H groups in total. The van der Waals surface area contributed by atoms with Gasteiger partial charge in [-0.15, -0.1) is 0 Å². The Bertz CT molecular complexity index is 1390. The molecule has 3 aromatic carbocycles. The van der Waals surface area contributed by atoms with E-state index >= 15 is 0 Å². The van der Waals surface area contributed by atoms with Crippen LogP contribution >= 0.6 is 31.9 Å². The van der Waals surface area contributed by atoms with E-state index in [0.717, 1.165) is 11.6 Å². The number of carbonyl (C=O) groups is 1. The average molecular weight is 625 g/mol. The van der Waals surface area contributed by atoms with Crippen LogP contribution in [-0.2, 0) is 11.0 Å². The number of nitro groups is 1. The third kappa shape index (κ3) is 6.50. The minimum atomic E-state index is -4.76. The number of nitro benzene ring substituents is 1. The van der Waals surface area contributed by atoms with Crippen LogP contribution in [0.25, 0.3) is 6.08 Å². The maximum Gasteiger partial charge on any atom is 0.416 e. The van der Waals surface area contributed by atoms with E-state index in [1.807, 2.05) is 13.0 Å². The molecule has 184 valence electrons. The van der Waals surface area contributed by atoms with Crippen molar-refractivity contribution in [2.45, 2.75) is 13.1 Å². The SMILES string of the molecule is Cc1ccc(NC(=O)/C(C#N)=C/c2cc(Br)c(Oc3ccc(C(F)(F)F)cc3[N+](=O)[O-])c(Br)c2)cc1. The molecule has 0 heterocycles. The third-order valence-corrected chi connectivity index (χ3v) is 5.88. The molecule has 0 fully saturated rings. The molecule has 12 heteroatoms. The summed E-state index contributed by atoms with van der Waals surface area (Å²) in [4.78, 5) is 22.9. The molecule has 7 nitrogen and oxygen atoms in total. The lowest BCUT2D eigenvalue weighted by molar-refractivity contribution is -0.385.